The molecule has 2 aromatic heterocycles. The zero-order chi connectivity index (χ0) is 21.6. The normalized spacial score (nSPS) is 15.8. The molecule has 10 heteroatoms. The van der Waals surface area contributed by atoms with Gasteiger partial charge in [0.2, 0.25) is 0 Å². The van der Waals surface area contributed by atoms with E-state index in [1.807, 2.05) is 6.07 Å². The molecule has 3 heterocycles. The van der Waals surface area contributed by atoms with Gasteiger partial charge in [0.05, 0.1) is 37.4 Å². The molecule has 1 atom stereocenters. The summed E-state index contributed by atoms with van der Waals surface area (Å²) in [4.78, 5) is 8.08. The van der Waals surface area contributed by atoms with E-state index >= 15 is 0 Å². The number of anilines is 2. The minimum absolute atomic E-state index is 0.222. The van der Waals surface area contributed by atoms with Crippen molar-refractivity contribution in [2.24, 2.45) is 5.92 Å². The van der Waals surface area contributed by atoms with Crippen molar-refractivity contribution in [1.82, 2.24) is 25.5 Å². The molecule has 4 rings (SSSR count). The van der Waals surface area contributed by atoms with E-state index < -0.39 is 5.82 Å². The number of ether oxygens (including phenoxy) is 2. The van der Waals surface area contributed by atoms with E-state index in [2.05, 4.69) is 30.8 Å². The number of halogens is 1. The van der Waals surface area contributed by atoms with Gasteiger partial charge in [-0.1, -0.05) is 0 Å². The van der Waals surface area contributed by atoms with Crippen LogP contribution in [0.25, 0.3) is 11.3 Å². The van der Waals surface area contributed by atoms with E-state index in [4.69, 9.17) is 14.7 Å². The van der Waals surface area contributed by atoms with Gasteiger partial charge in [0.25, 0.3) is 0 Å². The SMILES string of the molecule is COc1cc(F)cc(OC[C@H]2CCCNC2)c1-c1cc(Nc2cnc(C#N)cn2)n[nH]1. The molecule has 0 unspecified atom stereocenters. The molecule has 3 aromatic rings. The first-order chi connectivity index (χ1) is 15.2. The summed E-state index contributed by atoms with van der Waals surface area (Å²) < 4.78 is 25.6. The Bertz CT molecular complexity index is 1070. The van der Waals surface area contributed by atoms with Gasteiger partial charge in [-0.25, -0.2) is 14.4 Å². The van der Waals surface area contributed by atoms with Crippen LogP contribution in [0.2, 0.25) is 0 Å². The van der Waals surface area contributed by atoms with E-state index in [1.54, 1.807) is 6.07 Å². The van der Waals surface area contributed by atoms with Gasteiger partial charge < -0.3 is 20.1 Å². The quantitative estimate of drug-likeness (QED) is 0.530. The van der Waals surface area contributed by atoms with Gasteiger partial charge in [0.1, 0.15) is 29.2 Å². The predicted octanol–water partition coefficient (Wildman–Crippen LogP) is 3.01. The van der Waals surface area contributed by atoms with Gasteiger partial charge in [-0.15, -0.1) is 0 Å². The number of H-pyrrole nitrogens is 1. The average molecular weight is 423 g/mol. The number of methoxy groups -OCH3 is 1. The highest BCUT2D eigenvalue weighted by molar-refractivity contribution is 5.76. The van der Waals surface area contributed by atoms with Crippen LogP contribution in [0.15, 0.2) is 30.6 Å². The third-order valence-electron chi connectivity index (χ3n) is 4.99. The highest BCUT2D eigenvalue weighted by Gasteiger charge is 2.20. The van der Waals surface area contributed by atoms with E-state index in [1.165, 1.54) is 31.6 Å². The molecule has 0 spiro atoms. The summed E-state index contributed by atoms with van der Waals surface area (Å²) >= 11 is 0. The summed E-state index contributed by atoms with van der Waals surface area (Å²) in [6, 6.07) is 6.32. The first-order valence-electron chi connectivity index (χ1n) is 9.92. The Morgan fingerprint density at radius 2 is 2.10 bits per heavy atom. The Morgan fingerprint density at radius 1 is 1.23 bits per heavy atom. The van der Waals surface area contributed by atoms with E-state index in [-0.39, 0.29) is 5.69 Å². The maximum atomic E-state index is 14.2. The second kappa shape index (κ2) is 9.40. The summed E-state index contributed by atoms with van der Waals surface area (Å²) in [7, 11) is 1.48. The molecule has 160 valence electrons. The van der Waals surface area contributed by atoms with Gasteiger partial charge in [-0.3, -0.25) is 5.10 Å². The molecule has 1 aliphatic heterocycles. The maximum absolute atomic E-state index is 14.2. The van der Waals surface area contributed by atoms with Crippen molar-refractivity contribution >= 4 is 11.6 Å². The number of piperidine rings is 1. The number of aromatic amines is 1. The van der Waals surface area contributed by atoms with Crippen molar-refractivity contribution in [3.05, 3.63) is 42.1 Å². The number of nitriles is 1. The van der Waals surface area contributed by atoms with Crippen molar-refractivity contribution in [3.8, 4) is 28.8 Å². The Hall–Kier alpha value is -3.71. The summed E-state index contributed by atoms with van der Waals surface area (Å²) in [5.74, 6) is 1.56. The molecule has 9 nitrogen and oxygen atoms in total. The van der Waals surface area contributed by atoms with Crippen LogP contribution < -0.4 is 20.1 Å². The molecular formula is C21H22FN7O2. The van der Waals surface area contributed by atoms with Crippen LogP contribution in [0.1, 0.15) is 18.5 Å². The van der Waals surface area contributed by atoms with Crippen molar-refractivity contribution in [3.63, 3.8) is 0 Å². The van der Waals surface area contributed by atoms with Crippen LogP contribution in [-0.2, 0) is 0 Å². The number of nitrogens with one attached hydrogen (secondary N) is 3. The molecule has 0 bridgehead atoms. The molecule has 1 aliphatic rings. The lowest BCUT2D eigenvalue weighted by Gasteiger charge is -2.23. The van der Waals surface area contributed by atoms with Crippen LogP contribution in [0, 0.1) is 23.1 Å². The average Bonchev–Trinajstić information content (AvgIpc) is 3.26. The van der Waals surface area contributed by atoms with Crippen LogP contribution >= 0.6 is 0 Å². The predicted molar refractivity (Wildman–Crippen MR) is 112 cm³/mol. The molecule has 3 N–H and O–H groups in total. The zero-order valence-electron chi connectivity index (χ0n) is 17.0. The Balaban J connectivity index is 1.58. The van der Waals surface area contributed by atoms with Gasteiger partial charge in [-0.05, 0) is 19.4 Å². The van der Waals surface area contributed by atoms with Crippen LogP contribution in [0.3, 0.4) is 0 Å². The summed E-state index contributed by atoms with van der Waals surface area (Å²) in [6.07, 6.45) is 4.98. The first-order valence-corrected chi connectivity index (χ1v) is 9.92. The smallest absolute Gasteiger partial charge is 0.158 e. The van der Waals surface area contributed by atoms with E-state index in [0.29, 0.717) is 46.9 Å². The molecule has 0 radical (unpaired) electrons. The van der Waals surface area contributed by atoms with E-state index in [0.717, 1.165) is 25.9 Å². The largest absolute Gasteiger partial charge is 0.496 e. The minimum Gasteiger partial charge on any atom is -0.496 e. The van der Waals surface area contributed by atoms with Gasteiger partial charge in [-0.2, -0.15) is 10.4 Å². The molecule has 0 saturated carbocycles. The van der Waals surface area contributed by atoms with Crippen molar-refractivity contribution < 1.29 is 13.9 Å². The highest BCUT2D eigenvalue weighted by Crippen LogP contribution is 2.39. The maximum Gasteiger partial charge on any atom is 0.158 e. The van der Waals surface area contributed by atoms with Gasteiger partial charge >= 0.3 is 0 Å². The van der Waals surface area contributed by atoms with Crippen LogP contribution in [-0.4, -0.2) is 47.0 Å². The summed E-state index contributed by atoms with van der Waals surface area (Å²) in [6.45, 7) is 2.38. The van der Waals surface area contributed by atoms with Gasteiger partial charge in [0, 0.05) is 30.7 Å². The highest BCUT2D eigenvalue weighted by atomic mass is 19.1. The second-order valence-electron chi connectivity index (χ2n) is 7.20. The summed E-state index contributed by atoms with van der Waals surface area (Å²) in [5, 5.41) is 22.4. The number of nitrogens with zero attached hydrogens (tertiary/aromatic N) is 4. The van der Waals surface area contributed by atoms with Crippen molar-refractivity contribution in [2.75, 3.05) is 32.1 Å². The molecule has 1 fully saturated rings. The molecule has 1 aromatic carbocycles. The van der Waals surface area contributed by atoms with Crippen molar-refractivity contribution in [2.45, 2.75) is 12.8 Å². The van der Waals surface area contributed by atoms with Crippen LogP contribution in [0.4, 0.5) is 16.0 Å². The van der Waals surface area contributed by atoms with Crippen molar-refractivity contribution in [1.29, 1.82) is 5.26 Å². The molecule has 0 amide bonds. The third-order valence-corrected chi connectivity index (χ3v) is 4.99. The third kappa shape index (κ3) is 4.90. The Morgan fingerprint density at radius 3 is 2.81 bits per heavy atom. The first kappa shape index (κ1) is 20.6. The molecule has 0 aliphatic carbocycles. The summed E-state index contributed by atoms with van der Waals surface area (Å²) in [5.41, 5.74) is 1.40. The molecular weight excluding hydrogens is 401 g/mol. The van der Waals surface area contributed by atoms with E-state index in [9.17, 15) is 4.39 Å². The Kier molecular flexibility index (Phi) is 6.24. The lowest BCUT2D eigenvalue weighted by atomic mass is 10.0. The zero-order valence-corrected chi connectivity index (χ0v) is 17.0. The number of aromatic nitrogens is 4. The fourth-order valence-electron chi connectivity index (χ4n) is 3.47. The molecule has 31 heavy (non-hydrogen) atoms. The molecule has 1 saturated heterocycles. The monoisotopic (exact) mass is 423 g/mol. The minimum atomic E-state index is -0.442. The van der Waals surface area contributed by atoms with Gasteiger partial charge in [0.15, 0.2) is 11.5 Å². The standard InChI is InChI=1S/C21H22FN7O2/c1-30-17-5-14(22)6-18(31-12-13-3-2-4-24-9-13)21(17)16-7-19(29-28-16)27-20-11-25-15(8-23)10-26-20/h5-7,10-11,13,24H,2-4,9,12H2,1H3,(H2,26,27,28,29)/t13-/m0/s1. The topological polar surface area (TPSA) is 121 Å². The number of rotatable bonds is 7. The fourth-order valence-corrected chi connectivity index (χ4v) is 3.47. The number of hydrogen-bond acceptors (Lipinski definition) is 8. The second-order valence-corrected chi connectivity index (χ2v) is 7.20. The lowest BCUT2D eigenvalue weighted by molar-refractivity contribution is 0.218. The number of benzene rings is 1. The Labute approximate surface area is 178 Å². The lowest BCUT2D eigenvalue weighted by Crippen LogP contribution is -2.33. The number of hydrogen-bond donors (Lipinski definition) is 3. The van der Waals surface area contributed by atoms with Crippen LogP contribution in [0.5, 0.6) is 11.5 Å². The fraction of sp³-hybridized carbons (Fsp3) is 0.333.